The number of rotatable bonds is 2. The lowest BCUT2D eigenvalue weighted by atomic mass is 10.2. The van der Waals surface area contributed by atoms with E-state index >= 15 is 0 Å². The molecule has 1 aliphatic heterocycles. The molecule has 17 heavy (non-hydrogen) atoms. The molecule has 2 unspecified atom stereocenters. The summed E-state index contributed by atoms with van der Waals surface area (Å²) in [5.74, 6) is -0.460. The predicted octanol–water partition coefficient (Wildman–Crippen LogP) is 0.617. The smallest absolute Gasteiger partial charge is 0.320 e. The van der Waals surface area contributed by atoms with Gasteiger partial charge in [-0.15, -0.1) is 0 Å². The maximum atomic E-state index is 11.6. The number of esters is 1. The number of carbonyl (C=O) groups is 1. The maximum absolute atomic E-state index is 11.6. The molecule has 98 valence electrons. The summed E-state index contributed by atoms with van der Waals surface area (Å²) in [7, 11) is 0. The van der Waals surface area contributed by atoms with Gasteiger partial charge in [-0.05, 0) is 45.8 Å². The summed E-state index contributed by atoms with van der Waals surface area (Å²) < 4.78 is 5.15. The fourth-order valence-electron chi connectivity index (χ4n) is 1.73. The van der Waals surface area contributed by atoms with Crippen LogP contribution in [0.2, 0.25) is 0 Å². The Labute approximate surface area is 102 Å². The van der Waals surface area contributed by atoms with Gasteiger partial charge < -0.3 is 14.9 Å². The Kier molecular flexibility index (Phi) is 3.96. The summed E-state index contributed by atoms with van der Waals surface area (Å²) in [4.78, 5) is 12.9. The molecule has 5 heteroatoms. The summed E-state index contributed by atoms with van der Waals surface area (Å²) in [6.45, 7) is 8.66. The summed E-state index contributed by atoms with van der Waals surface area (Å²) >= 11 is 0. The van der Waals surface area contributed by atoms with Gasteiger partial charge in [0.1, 0.15) is 24.6 Å². The minimum atomic E-state index is -0.919. The zero-order valence-electron chi connectivity index (χ0n) is 11.0. The van der Waals surface area contributed by atoms with Crippen LogP contribution in [0.5, 0.6) is 0 Å². The summed E-state index contributed by atoms with van der Waals surface area (Å²) in [6, 6.07) is 0. The van der Waals surface area contributed by atoms with Gasteiger partial charge in [0, 0.05) is 0 Å². The molecule has 1 aliphatic rings. The minimum absolute atomic E-state index is 0.131. The average Bonchev–Trinajstić information content (AvgIpc) is 2.33. The third kappa shape index (κ3) is 3.28. The van der Waals surface area contributed by atoms with Crippen LogP contribution in [-0.4, -0.2) is 45.7 Å². The molecule has 0 amide bonds. The monoisotopic (exact) mass is 243 g/mol. The molecule has 0 spiro atoms. The van der Waals surface area contributed by atoms with Gasteiger partial charge in [-0.1, -0.05) is 0 Å². The highest BCUT2D eigenvalue weighted by molar-refractivity contribution is 5.72. The molecule has 0 aromatic carbocycles. The Morgan fingerprint density at radius 3 is 2.00 bits per heavy atom. The predicted molar refractivity (Wildman–Crippen MR) is 62.9 cm³/mol. The van der Waals surface area contributed by atoms with Gasteiger partial charge in [0.2, 0.25) is 0 Å². The third-order valence-electron chi connectivity index (χ3n) is 2.76. The van der Waals surface area contributed by atoms with Crippen LogP contribution in [0.15, 0.2) is 11.1 Å². The van der Waals surface area contributed by atoms with Gasteiger partial charge >= 0.3 is 5.97 Å². The highest BCUT2D eigenvalue weighted by Crippen LogP contribution is 2.27. The van der Waals surface area contributed by atoms with Gasteiger partial charge in [0.25, 0.3) is 0 Å². The van der Waals surface area contributed by atoms with Crippen molar-refractivity contribution in [2.24, 2.45) is 0 Å². The van der Waals surface area contributed by atoms with Crippen LogP contribution in [0.4, 0.5) is 0 Å². The van der Waals surface area contributed by atoms with E-state index < -0.39 is 24.0 Å². The van der Waals surface area contributed by atoms with Gasteiger partial charge in [0.15, 0.2) is 0 Å². The third-order valence-corrected chi connectivity index (χ3v) is 2.76. The molecule has 0 aliphatic carbocycles. The van der Waals surface area contributed by atoms with Crippen LogP contribution >= 0.6 is 0 Å². The molecular weight excluding hydrogens is 222 g/mol. The molecule has 0 saturated carbocycles. The van der Waals surface area contributed by atoms with Gasteiger partial charge in [-0.2, -0.15) is 0 Å². The Balaban J connectivity index is 2.63. The van der Waals surface area contributed by atoms with Crippen LogP contribution in [0.3, 0.4) is 0 Å². The normalized spacial score (nSPS) is 26.5. The molecule has 1 rings (SSSR count). The van der Waals surface area contributed by atoms with E-state index in [9.17, 15) is 15.0 Å². The molecule has 2 atom stereocenters. The number of hydrogen-bond acceptors (Lipinski definition) is 5. The lowest BCUT2D eigenvalue weighted by Gasteiger charge is -2.26. The fourth-order valence-corrected chi connectivity index (χ4v) is 1.73. The molecule has 0 aromatic heterocycles. The van der Waals surface area contributed by atoms with E-state index in [1.54, 1.807) is 34.6 Å². The molecular formula is C12H21NO4. The summed E-state index contributed by atoms with van der Waals surface area (Å²) in [5.41, 5.74) is 0.798. The molecule has 0 saturated heterocycles. The number of carbonyl (C=O) groups excluding carboxylic acids is 1. The number of ether oxygens (including phenoxy) is 1. The number of hydrogen-bond donors (Lipinski definition) is 2. The van der Waals surface area contributed by atoms with Crippen LogP contribution in [0, 0.1) is 0 Å². The highest BCUT2D eigenvalue weighted by Gasteiger charge is 2.36. The lowest BCUT2D eigenvalue weighted by Crippen LogP contribution is -2.43. The zero-order chi connectivity index (χ0) is 13.4. The summed E-state index contributed by atoms with van der Waals surface area (Å²) in [6.07, 6.45) is -1.84. The molecule has 0 fully saturated rings. The molecule has 2 N–H and O–H groups in total. The quantitative estimate of drug-likeness (QED) is 0.549. The van der Waals surface area contributed by atoms with Crippen molar-refractivity contribution in [2.45, 2.75) is 52.7 Å². The van der Waals surface area contributed by atoms with E-state index in [4.69, 9.17) is 4.74 Å². The zero-order valence-corrected chi connectivity index (χ0v) is 11.0. The maximum Gasteiger partial charge on any atom is 0.320 e. The lowest BCUT2D eigenvalue weighted by molar-refractivity contribution is -0.161. The molecule has 0 bridgehead atoms. The van der Waals surface area contributed by atoms with Gasteiger partial charge in [0.05, 0.1) is 0 Å². The molecule has 0 radical (unpaired) electrons. The largest absolute Gasteiger partial charge is 0.459 e. The fraction of sp³-hybridized carbons (Fsp3) is 0.750. The van der Waals surface area contributed by atoms with E-state index in [2.05, 4.69) is 0 Å². The average molecular weight is 243 g/mol. The first kappa shape index (κ1) is 14.2. The molecule has 5 nitrogen and oxygen atoms in total. The number of nitrogens with zero attached hydrogens (tertiary/aromatic N) is 1. The van der Waals surface area contributed by atoms with Crippen molar-refractivity contribution < 1.29 is 19.7 Å². The van der Waals surface area contributed by atoms with Crippen molar-refractivity contribution in [3.63, 3.8) is 0 Å². The number of aliphatic hydroxyl groups is 2. The minimum Gasteiger partial charge on any atom is -0.459 e. The summed E-state index contributed by atoms with van der Waals surface area (Å²) in [5, 5.41) is 19.7. The molecule has 1 heterocycles. The van der Waals surface area contributed by atoms with E-state index in [1.165, 1.54) is 4.90 Å². The van der Waals surface area contributed by atoms with Crippen LogP contribution in [-0.2, 0) is 9.53 Å². The Bertz CT molecular complexity index is 325. The van der Waals surface area contributed by atoms with Crippen molar-refractivity contribution in [3.8, 4) is 0 Å². The number of aliphatic hydroxyl groups excluding tert-OH is 2. The first-order valence-electron chi connectivity index (χ1n) is 5.64. The second kappa shape index (κ2) is 4.76. The van der Waals surface area contributed by atoms with Crippen LogP contribution in [0.1, 0.15) is 34.6 Å². The van der Waals surface area contributed by atoms with Gasteiger partial charge in [-0.3, -0.25) is 4.79 Å². The van der Waals surface area contributed by atoms with Crippen molar-refractivity contribution >= 4 is 5.97 Å². The topological polar surface area (TPSA) is 70.0 Å². The van der Waals surface area contributed by atoms with Crippen molar-refractivity contribution in [1.29, 1.82) is 0 Å². The Morgan fingerprint density at radius 1 is 1.24 bits per heavy atom. The standard InChI is InChI=1S/C12H21NO4/c1-7-8(2)11(16)13(10(7)15)6-9(14)17-12(3,4)5/h10-11,15-16H,6H2,1-5H3. The Hall–Kier alpha value is -0.910. The van der Waals surface area contributed by atoms with Crippen LogP contribution in [0.25, 0.3) is 0 Å². The van der Waals surface area contributed by atoms with E-state index in [0.717, 1.165) is 0 Å². The van der Waals surface area contributed by atoms with Crippen molar-refractivity contribution in [2.75, 3.05) is 6.54 Å². The van der Waals surface area contributed by atoms with E-state index in [0.29, 0.717) is 11.1 Å². The van der Waals surface area contributed by atoms with Crippen LogP contribution < -0.4 is 0 Å². The van der Waals surface area contributed by atoms with E-state index in [-0.39, 0.29) is 6.54 Å². The van der Waals surface area contributed by atoms with E-state index in [1.807, 2.05) is 0 Å². The van der Waals surface area contributed by atoms with Gasteiger partial charge in [-0.25, -0.2) is 4.90 Å². The second-order valence-corrected chi connectivity index (χ2v) is 5.37. The molecule has 0 aromatic rings. The second-order valence-electron chi connectivity index (χ2n) is 5.37. The Morgan fingerprint density at radius 2 is 1.65 bits per heavy atom. The van der Waals surface area contributed by atoms with Crippen molar-refractivity contribution in [1.82, 2.24) is 4.90 Å². The SMILES string of the molecule is CC1=C(C)C(O)N(CC(=O)OC(C)(C)C)C1O. The van der Waals surface area contributed by atoms with Crippen molar-refractivity contribution in [3.05, 3.63) is 11.1 Å². The first-order chi connectivity index (χ1) is 7.63. The first-order valence-corrected chi connectivity index (χ1v) is 5.64. The highest BCUT2D eigenvalue weighted by atomic mass is 16.6.